The van der Waals surface area contributed by atoms with Crippen molar-refractivity contribution in [3.63, 3.8) is 0 Å². The molecule has 2 aromatic carbocycles. The standard InChI is InChI=1S/C18H19NO2/c20-19-12-16-8-4-7-15-9-10-17(11-18(15)16)21-13-14-5-2-1-3-6-14/h1-3,5-6,9-12,16,20H,4,7-8,13H2. The van der Waals surface area contributed by atoms with Crippen LogP contribution in [0.3, 0.4) is 0 Å². The predicted octanol–water partition coefficient (Wildman–Crippen LogP) is 4.15. The van der Waals surface area contributed by atoms with E-state index in [1.165, 1.54) is 11.1 Å². The van der Waals surface area contributed by atoms with Crippen molar-refractivity contribution < 1.29 is 9.94 Å². The van der Waals surface area contributed by atoms with Gasteiger partial charge in [0.15, 0.2) is 0 Å². The lowest BCUT2D eigenvalue weighted by Crippen LogP contribution is -2.11. The maximum atomic E-state index is 8.80. The summed E-state index contributed by atoms with van der Waals surface area (Å²) in [5.74, 6) is 1.06. The van der Waals surface area contributed by atoms with E-state index in [0.717, 1.165) is 30.6 Å². The molecule has 0 saturated carbocycles. The van der Waals surface area contributed by atoms with Gasteiger partial charge in [0.25, 0.3) is 0 Å². The summed E-state index contributed by atoms with van der Waals surface area (Å²) >= 11 is 0. The van der Waals surface area contributed by atoms with E-state index in [-0.39, 0.29) is 5.92 Å². The van der Waals surface area contributed by atoms with Crippen molar-refractivity contribution in [3.05, 3.63) is 65.2 Å². The molecule has 1 aliphatic rings. The molecule has 0 radical (unpaired) electrons. The van der Waals surface area contributed by atoms with E-state index in [1.54, 1.807) is 6.21 Å². The van der Waals surface area contributed by atoms with Gasteiger partial charge in [-0.25, -0.2) is 0 Å². The van der Waals surface area contributed by atoms with Crippen molar-refractivity contribution in [1.82, 2.24) is 0 Å². The monoisotopic (exact) mass is 281 g/mol. The minimum atomic E-state index is 0.194. The van der Waals surface area contributed by atoms with Gasteiger partial charge in [0.1, 0.15) is 12.4 Å². The van der Waals surface area contributed by atoms with Crippen molar-refractivity contribution >= 4 is 6.21 Å². The Labute approximate surface area is 124 Å². The molecule has 108 valence electrons. The molecule has 0 heterocycles. The highest BCUT2D eigenvalue weighted by atomic mass is 16.5. The molecular formula is C18H19NO2. The molecule has 0 amide bonds. The van der Waals surface area contributed by atoms with Gasteiger partial charge in [-0.3, -0.25) is 0 Å². The Hall–Kier alpha value is -2.29. The fourth-order valence-corrected chi connectivity index (χ4v) is 2.88. The highest BCUT2D eigenvalue weighted by Gasteiger charge is 2.19. The van der Waals surface area contributed by atoms with Crippen LogP contribution in [-0.2, 0) is 13.0 Å². The van der Waals surface area contributed by atoms with Gasteiger partial charge in [-0.2, -0.15) is 0 Å². The van der Waals surface area contributed by atoms with Crippen molar-refractivity contribution in [3.8, 4) is 5.75 Å². The highest BCUT2D eigenvalue weighted by molar-refractivity contribution is 5.69. The highest BCUT2D eigenvalue weighted by Crippen LogP contribution is 2.33. The molecule has 3 nitrogen and oxygen atoms in total. The Morgan fingerprint density at radius 3 is 2.86 bits per heavy atom. The molecule has 1 aliphatic carbocycles. The van der Waals surface area contributed by atoms with E-state index < -0.39 is 0 Å². The number of ether oxygens (including phenoxy) is 1. The molecule has 0 saturated heterocycles. The van der Waals surface area contributed by atoms with Gasteiger partial charge in [-0.05, 0) is 48.1 Å². The number of aryl methyl sites for hydroxylation is 1. The summed E-state index contributed by atoms with van der Waals surface area (Å²) in [5.41, 5.74) is 3.71. The van der Waals surface area contributed by atoms with Crippen LogP contribution in [0.15, 0.2) is 53.7 Å². The summed E-state index contributed by atoms with van der Waals surface area (Å²) in [6.45, 7) is 0.568. The number of fused-ring (bicyclic) bond motifs is 1. The molecule has 1 N–H and O–H groups in total. The number of oxime groups is 1. The van der Waals surface area contributed by atoms with Crippen molar-refractivity contribution in [2.45, 2.75) is 31.8 Å². The van der Waals surface area contributed by atoms with Crippen molar-refractivity contribution in [2.75, 3.05) is 0 Å². The number of rotatable bonds is 4. The Balaban J connectivity index is 1.77. The van der Waals surface area contributed by atoms with Crippen LogP contribution in [0, 0.1) is 0 Å². The largest absolute Gasteiger partial charge is 0.489 e. The lowest BCUT2D eigenvalue weighted by molar-refractivity contribution is 0.305. The zero-order valence-corrected chi connectivity index (χ0v) is 11.9. The third-order valence-electron chi connectivity index (χ3n) is 3.97. The quantitative estimate of drug-likeness (QED) is 0.520. The molecule has 3 heteroatoms. The first-order valence-electron chi connectivity index (χ1n) is 7.34. The van der Waals surface area contributed by atoms with E-state index in [1.807, 2.05) is 24.3 Å². The van der Waals surface area contributed by atoms with Gasteiger partial charge in [0, 0.05) is 5.92 Å². The lowest BCUT2D eigenvalue weighted by atomic mass is 9.83. The van der Waals surface area contributed by atoms with Gasteiger partial charge < -0.3 is 9.94 Å². The Kier molecular flexibility index (Phi) is 4.20. The van der Waals surface area contributed by atoms with E-state index in [4.69, 9.17) is 9.94 Å². The third-order valence-corrected chi connectivity index (χ3v) is 3.97. The Morgan fingerprint density at radius 1 is 1.19 bits per heavy atom. The SMILES string of the molecule is ON=CC1CCCc2ccc(OCc3ccccc3)cc21. The number of nitrogens with zero attached hydrogens (tertiary/aromatic N) is 1. The molecular weight excluding hydrogens is 262 g/mol. The van der Waals surface area contributed by atoms with Crippen molar-refractivity contribution in [1.29, 1.82) is 0 Å². The van der Waals surface area contributed by atoms with E-state index in [9.17, 15) is 0 Å². The fraction of sp³-hybridized carbons (Fsp3) is 0.278. The lowest BCUT2D eigenvalue weighted by Gasteiger charge is -2.22. The van der Waals surface area contributed by atoms with Gasteiger partial charge in [-0.15, -0.1) is 5.16 Å². The molecule has 2 aromatic rings. The second-order valence-electron chi connectivity index (χ2n) is 5.40. The van der Waals surface area contributed by atoms with E-state index in [2.05, 4.69) is 29.4 Å². The van der Waals surface area contributed by atoms with Crippen LogP contribution in [-0.4, -0.2) is 11.4 Å². The number of hydrogen-bond donors (Lipinski definition) is 1. The topological polar surface area (TPSA) is 41.8 Å². The Morgan fingerprint density at radius 2 is 2.05 bits per heavy atom. The normalized spacial score (nSPS) is 17.6. The number of hydrogen-bond acceptors (Lipinski definition) is 3. The zero-order chi connectivity index (χ0) is 14.5. The first-order valence-corrected chi connectivity index (χ1v) is 7.34. The van der Waals surface area contributed by atoms with Crippen molar-refractivity contribution in [2.24, 2.45) is 5.16 Å². The van der Waals surface area contributed by atoms with Crippen LogP contribution in [0.25, 0.3) is 0 Å². The Bertz CT molecular complexity index is 622. The predicted molar refractivity (Wildman–Crippen MR) is 83.2 cm³/mol. The first-order chi connectivity index (χ1) is 10.4. The maximum Gasteiger partial charge on any atom is 0.120 e. The average molecular weight is 281 g/mol. The van der Waals surface area contributed by atoms with Crippen LogP contribution in [0.1, 0.15) is 35.4 Å². The second kappa shape index (κ2) is 6.44. The van der Waals surface area contributed by atoms with E-state index >= 15 is 0 Å². The van der Waals surface area contributed by atoms with Crippen LogP contribution in [0.5, 0.6) is 5.75 Å². The summed E-state index contributed by atoms with van der Waals surface area (Å²) in [6.07, 6.45) is 4.87. The van der Waals surface area contributed by atoms with E-state index in [0.29, 0.717) is 6.61 Å². The number of benzene rings is 2. The smallest absolute Gasteiger partial charge is 0.120 e. The first kappa shape index (κ1) is 13.7. The molecule has 0 bridgehead atoms. The third kappa shape index (κ3) is 3.24. The maximum absolute atomic E-state index is 8.80. The molecule has 3 rings (SSSR count). The molecule has 0 fully saturated rings. The van der Waals surface area contributed by atoms with Crippen LogP contribution in [0.2, 0.25) is 0 Å². The van der Waals surface area contributed by atoms with Crippen LogP contribution < -0.4 is 4.74 Å². The zero-order valence-electron chi connectivity index (χ0n) is 11.9. The summed E-state index contributed by atoms with van der Waals surface area (Å²) in [5, 5.41) is 12.0. The summed E-state index contributed by atoms with van der Waals surface area (Å²) in [4.78, 5) is 0. The molecule has 0 spiro atoms. The molecule has 21 heavy (non-hydrogen) atoms. The summed E-state index contributed by atoms with van der Waals surface area (Å²) in [6, 6.07) is 16.4. The summed E-state index contributed by atoms with van der Waals surface area (Å²) < 4.78 is 5.88. The molecule has 1 atom stereocenters. The minimum Gasteiger partial charge on any atom is -0.489 e. The minimum absolute atomic E-state index is 0.194. The average Bonchev–Trinajstić information content (AvgIpc) is 2.54. The van der Waals surface area contributed by atoms with Crippen LogP contribution in [0.4, 0.5) is 0 Å². The van der Waals surface area contributed by atoms with Gasteiger partial charge in [0.05, 0.1) is 6.21 Å². The van der Waals surface area contributed by atoms with Gasteiger partial charge in [0.2, 0.25) is 0 Å². The van der Waals surface area contributed by atoms with Gasteiger partial charge in [-0.1, -0.05) is 36.4 Å². The summed E-state index contributed by atoms with van der Waals surface area (Å²) in [7, 11) is 0. The molecule has 0 aromatic heterocycles. The second-order valence-corrected chi connectivity index (χ2v) is 5.40. The molecule has 0 aliphatic heterocycles. The van der Waals surface area contributed by atoms with Gasteiger partial charge >= 0.3 is 0 Å². The fourth-order valence-electron chi connectivity index (χ4n) is 2.88. The molecule has 1 unspecified atom stereocenters. The van der Waals surface area contributed by atoms with Crippen LogP contribution >= 0.6 is 0 Å².